The largest absolute Gasteiger partial charge is 0.475 e. The van der Waals surface area contributed by atoms with Crippen LogP contribution >= 0.6 is 0 Å². The number of anilines is 2. The second-order valence-corrected chi connectivity index (χ2v) is 7.26. The maximum Gasteiger partial charge on any atom is 0.214 e. The third-order valence-electron chi connectivity index (χ3n) is 4.66. The fourth-order valence-electron chi connectivity index (χ4n) is 3.14. The third-order valence-corrected chi connectivity index (χ3v) is 4.66. The summed E-state index contributed by atoms with van der Waals surface area (Å²) < 4.78 is 5.63. The monoisotopic (exact) mass is 369 g/mol. The Hall–Kier alpha value is -2.74. The first-order valence-corrected chi connectivity index (χ1v) is 9.10. The molecule has 2 aromatic rings. The van der Waals surface area contributed by atoms with Crippen LogP contribution in [0.1, 0.15) is 31.5 Å². The fraction of sp³-hybridized carbons (Fsp3) is 0.474. The van der Waals surface area contributed by atoms with Crippen molar-refractivity contribution >= 4 is 17.2 Å². The van der Waals surface area contributed by atoms with Crippen molar-refractivity contribution in [3.05, 3.63) is 35.9 Å². The molecule has 1 aliphatic rings. The smallest absolute Gasteiger partial charge is 0.214 e. The average molecular weight is 369 g/mol. The van der Waals surface area contributed by atoms with Crippen LogP contribution in [0.2, 0.25) is 0 Å². The molecule has 3 rings (SSSR count). The number of nitrogens with two attached hydrogens (primary N) is 1. The lowest BCUT2D eigenvalue weighted by atomic mass is 10.1. The first-order valence-electron chi connectivity index (χ1n) is 9.10. The molecule has 1 unspecified atom stereocenters. The molecular weight excluding hydrogens is 342 g/mol. The summed E-state index contributed by atoms with van der Waals surface area (Å²) in [6.07, 6.45) is 4.11. The SMILES string of the molecule is CC(C)Oc1cc(C(=N)c2cc(N3CCC(N(C)C)C3)ncn2)c(N)cn1. The molecule has 1 atom stereocenters. The van der Waals surface area contributed by atoms with Crippen molar-refractivity contribution in [1.82, 2.24) is 19.9 Å². The zero-order chi connectivity index (χ0) is 19.6. The molecule has 0 amide bonds. The average Bonchev–Trinajstić information content (AvgIpc) is 3.13. The Labute approximate surface area is 159 Å². The second kappa shape index (κ2) is 7.87. The number of ether oxygens (including phenoxy) is 1. The van der Waals surface area contributed by atoms with Crippen LogP contribution in [0.3, 0.4) is 0 Å². The Morgan fingerprint density at radius 2 is 2.07 bits per heavy atom. The van der Waals surface area contributed by atoms with Crippen molar-refractivity contribution < 1.29 is 4.74 Å². The van der Waals surface area contributed by atoms with Gasteiger partial charge in [-0.2, -0.15) is 0 Å². The number of aromatic nitrogens is 3. The Bertz CT molecular complexity index is 821. The minimum absolute atomic E-state index is 0.00591. The van der Waals surface area contributed by atoms with Gasteiger partial charge in [-0.3, -0.25) is 5.41 Å². The number of hydrogen-bond acceptors (Lipinski definition) is 8. The summed E-state index contributed by atoms with van der Waals surface area (Å²) >= 11 is 0. The maximum atomic E-state index is 8.59. The Balaban J connectivity index is 1.84. The van der Waals surface area contributed by atoms with Gasteiger partial charge in [0.15, 0.2) is 0 Å². The van der Waals surface area contributed by atoms with Crippen molar-refractivity contribution in [3.63, 3.8) is 0 Å². The Morgan fingerprint density at radius 3 is 2.74 bits per heavy atom. The molecule has 8 nitrogen and oxygen atoms in total. The van der Waals surface area contributed by atoms with E-state index in [1.54, 1.807) is 6.07 Å². The molecule has 0 radical (unpaired) electrons. The van der Waals surface area contributed by atoms with Crippen LogP contribution in [0.4, 0.5) is 11.5 Å². The summed E-state index contributed by atoms with van der Waals surface area (Å²) in [6, 6.07) is 4.05. The van der Waals surface area contributed by atoms with Crippen molar-refractivity contribution in [2.75, 3.05) is 37.8 Å². The summed E-state index contributed by atoms with van der Waals surface area (Å²) in [5.41, 5.74) is 7.79. The van der Waals surface area contributed by atoms with Crippen molar-refractivity contribution in [2.45, 2.75) is 32.4 Å². The van der Waals surface area contributed by atoms with Gasteiger partial charge in [-0.1, -0.05) is 0 Å². The van der Waals surface area contributed by atoms with Crippen LogP contribution in [-0.2, 0) is 0 Å². The predicted molar refractivity (Wildman–Crippen MR) is 107 cm³/mol. The van der Waals surface area contributed by atoms with Gasteiger partial charge in [0, 0.05) is 36.8 Å². The first kappa shape index (κ1) is 19.0. The lowest BCUT2D eigenvalue weighted by Crippen LogP contribution is -2.31. The molecule has 1 saturated heterocycles. The van der Waals surface area contributed by atoms with Crippen molar-refractivity contribution in [3.8, 4) is 5.88 Å². The molecule has 0 aromatic carbocycles. The van der Waals surface area contributed by atoms with Crippen molar-refractivity contribution in [1.29, 1.82) is 5.41 Å². The predicted octanol–water partition coefficient (Wildman–Crippen LogP) is 1.80. The zero-order valence-electron chi connectivity index (χ0n) is 16.3. The fourth-order valence-corrected chi connectivity index (χ4v) is 3.14. The van der Waals surface area contributed by atoms with Gasteiger partial charge >= 0.3 is 0 Å². The van der Waals surface area contributed by atoms with E-state index in [0.29, 0.717) is 28.9 Å². The molecular formula is C19H27N7O. The molecule has 144 valence electrons. The summed E-state index contributed by atoms with van der Waals surface area (Å²) in [6.45, 7) is 5.71. The molecule has 1 fully saturated rings. The Morgan fingerprint density at radius 1 is 1.30 bits per heavy atom. The van der Waals surface area contributed by atoms with Gasteiger partial charge < -0.3 is 20.3 Å². The highest BCUT2D eigenvalue weighted by atomic mass is 16.5. The molecule has 0 saturated carbocycles. The summed E-state index contributed by atoms with van der Waals surface area (Å²) in [5.74, 6) is 1.28. The molecule has 0 spiro atoms. The third kappa shape index (κ3) is 4.33. The second-order valence-electron chi connectivity index (χ2n) is 7.26. The normalized spacial score (nSPS) is 17.0. The Kier molecular flexibility index (Phi) is 5.55. The topological polar surface area (TPSA) is 104 Å². The lowest BCUT2D eigenvalue weighted by Gasteiger charge is -2.21. The molecule has 0 bridgehead atoms. The first-order chi connectivity index (χ1) is 12.8. The van der Waals surface area contributed by atoms with Gasteiger partial charge in [-0.15, -0.1) is 0 Å². The number of nitrogen functional groups attached to an aromatic ring is 1. The molecule has 3 N–H and O–H groups in total. The highest BCUT2D eigenvalue weighted by Gasteiger charge is 2.25. The minimum atomic E-state index is -0.00591. The van der Waals surface area contributed by atoms with Crippen LogP contribution in [0.25, 0.3) is 0 Å². The highest BCUT2D eigenvalue weighted by molar-refractivity contribution is 6.13. The van der Waals surface area contributed by atoms with E-state index in [0.717, 1.165) is 25.3 Å². The molecule has 8 heteroatoms. The summed E-state index contributed by atoms with van der Waals surface area (Å²) in [7, 11) is 4.19. The van der Waals surface area contributed by atoms with Gasteiger partial charge in [0.1, 0.15) is 12.1 Å². The summed E-state index contributed by atoms with van der Waals surface area (Å²) in [4.78, 5) is 17.3. The number of nitrogens with one attached hydrogen (secondary N) is 1. The van der Waals surface area contributed by atoms with Crippen LogP contribution in [0, 0.1) is 5.41 Å². The van der Waals surface area contributed by atoms with Crippen LogP contribution in [-0.4, -0.2) is 64.9 Å². The van der Waals surface area contributed by atoms with E-state index in [4.69, 9.17) is 15.9 Å². The molecule has 1 aliphatic heterocycles. The van der Waals surface area contributed by atoms with E-state index in [2.05, 4.69) is 38.8 Å². The zero-order valence-corrected chi connectivity index (χ0v) is 16.3. The van der Waals surface area contributed by atoms with Crippen LogP contribution < -0.4 is 15.4 Å². The van der Waals surface area contributed by atoms with Gasteiger partial charge in [0.2, 0.25) is 5.88 Å². The minimum Gasteiger partial charge on any atom is -0.475 e. The molecule has 3 heterocycles. The van der Waals surface area contributed by atoms with E-state index < -0.39 is 0 Å². The number of pyridine rings is 1. The molecule has 27 heavy (non-hydrogen) atoms. The van der Waals surface area contributed by atoms with Crippen LogP contribution in [0.15, 0.2) is 24.7 Å². The van der Waals surface area contributed by atoms with Gasteiger partial charge in [-0.05, 0) is 34.4 Å². The number of rotatable bonds is 6. The van der Waals surface area contributed by atoms with Gasteiger partial charge in [-0.25, -0.2) is 15.0 Å². The van der Waals surface area contributed by atoms with E-state index in [9.17, 15) is 0 Å². The molecule has 2 aromatic heterocycles. The van der Waals surface area contributed by atoms with E-state index in [1.807, 2.05) is 19.9 Å². The van der Waals surface area contributed by atoms with E-state index in [1.165, 1.54) is 12.5 Å². The number of nitrogens with zero attached hydrogens (tertiary/aromatic N) is 5. The quantitative estimate of drug-likeness (QED) is 0.748. The van der Waals surface area contributed by atoms with E-state index >= 15 is 0 Å². The number of hydrogen-bond donors (Lipinski definition) is 2. The molecule has 0 aliphatic carbocycles. The lowest BCUT2D eigenvalue weighted by molar-refractivity contribution is 0.232. The summed E-state index contributed by atoms with van der Waals surface area (Å²) in [5, 5.41) is 8.59. The highest BCUT2D eigenvalue weighted by Crippen LogP contribution is 2.23. The van der Waals surface area contributed by atoms with Crippen LogP contribution in [0.5, 0.6) is 5.88 Å². The van der Waals surface area contributed by atoms with Gasteiger partial charge in [0.25, 0.3) is 0 Å². The van der Waals surface area contributed by atoms with Gasteiger partial charge in [0.05, 0.1) is 29.4 Å². The standard InChI is InChI=1S/C19H27N7O/c1-12(2)27-18-7-14(15(20)9-22-18)19(21)16-8-17(24-11-23-16)26-6-5-13(10-26)25(3)4/h7-9,11-13,21H,5-6,10,20H2,1-4H3. The maximum absolute atomic E-state index is 8.59. The number of likely N-dealkylation sites (N-methyl/N-ethyl adjacent to an activating group) is 1. The van der Waals surface area contributed by atoms with Crippen molar-refractivity contribution in [2.24, 2.45) is 0 Å². The van der Waals surface area contributed by atoms with E-state index in [-0.39, 0.29) is 11.8 Å².